The first-order chi connectivity index (χ1) is 22.1. The Morgan fingerprint density at radius 1 is 0.556 bits per heavy atom. The minimum atomic E-state index is -0.439. The van der Waals surface area contributed by atoms with Gasteiger partial charge >= 0.3 is 0 Å². The van der Waals surface area contributed by atoms with Gasteiger partial charge in [0.25, 0.3) is 0 Å². The Balaban J connectivity index is 1.38. The van der Waals surface area contributed by atoms with Crippen LogP contribution in [-0.2, 0) is 62.1 Å². The zero-order valence-electron chi connectivity index (χ0n) is 26.6. The number of imide groups is 1. The lowest BCUT2D eigenvalue weighted by atomic mass is 10.0. The zero-order chi connectivity index (χ0) is 32.2. The number of nitrogens with one attached hydrogen (secondary N) is 2. The first-order valence-corrected chi connectivity index (χ1v) is 15.7. The van der Waals surface area contributed by atoms with E-state index in [-0.39, 0.29) is 44.4 Å². The van der Waals surface area contributed by atoms with E-state index >= 15 is 0 Å². The monoisotopic (exact) mass is 630 g/mol. The Hall–Kier alpha value is -3.19. The number of hydrogen-bond acceptors (Lipinski definition) is 9. The predicted molar refractivity (Wildman–Crippen MR) is 170 cm³/mol. The molecule has 11 heteroatoms. The highest BCUT2D eigenvalue weighted by Crippen LogP contribution is 2.11. The highest BCUT2D eigenvalue weighted by molar-refractivity contribution is 5.96. The van der Waals surface area contributed by atoms with Gasteiger partial charge in [-0.05, 0) is 42.4 Å². The van der Waals surface area contributed by atoms with Gasteiger partial charge in [0, 0.05) is 20.1 Å². The lowest BCUT2D eigenvalue weighted by molar-refractivity contribution is -0.130. The maximum Gasteiger partial charge on any atom is 0.246 e. The summed E-state index contributed by atoms with van der Waals surface area (Å²) in [5.41, 5.74) is 3.43. The van der Waals surface area contributed by atoms with E-state index in [1.54, 1.807) is 7.11 Å². The van der Waals surface area contributed by atoms with Gasteiger partial charge in [0.05, 0.1) is 72.5 Å². The molecular weight excluding hydrogens is 580 g/mol. The molecule has 11 nitrogen and oxygen atoms in total. The summed E-state index contributed by atoms with van der Waals surface area (Å²) >= 11 is 0. The minimum absolute atomic E-state index is 0.00425. The van der Waals surface area contributed by atoms with Crippen LogP contribution >= 0.6 is 0 Å². The molecule has 0 bridgehead atoms. The van der Waals surface area contributed by atoms with Crippen molar-refractivity contribution in [3.63, 3.8) is 0 Å². The van der Waals surface area contributed by atoms with Crippen molar-refractivity contribution in [1.29, 1.82) is 0 Å². The number of benzene rings is 2. The molecule has 0 aromatic heterocycles. The quantitative estimate of drug-likeness (QED) is 0.143. The second-order valence-electron chi connectivity index (χ2n) is 10.3. The van der Waals surface area contributed by atoms with Gasteiger partial charge in [-0.2, -0.15) is 0 Å². The Morgan fingerprint density at radius 2 is 1.04 bits per heavy atom. The summed E-state index contributed by atoms with van der Waals surface area (Å²) in [6.45, 7) is 4.49. The summed E-state index contributed by atoms with van der Waals surface area (Å²) in [7, 11) is 1.63. The minimum Gasteiger partial charge on any atom is -0.382 e. The number of ether oxygens (including phenoxy) is 6. The summed E-state index contributed by atoms with van der Waals surface area (Å²) in [6, 6.07) is 18.4. The third-order valence-electron chi connectivity index (χ3n) is 6.52. The maximum absolute atomic E-state index is 12.3. The lowest BCUT2D eigenvalue weighted by Crippen LogP contribution is -2.36. The number of amides is 3. The third-order valence-corrected chi connectivity index (χ3v) is 6.52. The number of aryl methyl sites for hydroxylation is 2. The molecule has 0 heterocycles. The van der Waals surface area contributed by atoms with Crippen molar-refractivity contribution in [2.45, 2.75) is 38.5 Å². The molecule has 45 heavy (non-hydrogen) atoms. The van der Waals surface area contributed by atoms with Crippen LogP contribution in [0.5, 0.6) is 0 Å². The van der Waals surface area contributed by atoms with Crippen molar-refractivity contribution in [2.75, 3.05) is 86.3 Å². The highest BCUT2D eigenvalue weighted by atomic mass is 16.6. The zero-order valence-corrected chi connectivity index (χ0v) is 26.6. The predicted octanol–water partition coefficient (Wildman–Crippen LogP) is 2.67. The van der Waals surface area contributed by atoms with Gasteiger partial charge in [-0.3, -0.25) is 19.7 Å². The molecule has 0 saturated carbocycles. The van der Waals surface area contributed by atoms with Crippen LogP contribution in [0.25, 0.3) is 0 Å². The first kappa shape index (κ1) is 38.0. The highest BCUT2D eigenvalue weighted by Gasteiger charge is 2.10. The van der Waals surface area contributed by atoms with Crippen LogP contribution in [0.4, 0.5) is 0 Å². The molecule has 0 aliphatic carbocycles. The third kappa shape index (κ3) is 21.2. The van der Waals surface area contributed by atoms with Crippen molar-refractivity contribution >= 4 is 17.7 Å². The van der Waals surface area contributed by atoms with E-state index in [4.69, 9.17) is 28.4 Å². The fraction of sp³-hybridized carbons (Fsp3) is 0.559. The topological polar surface area (TPSA) is 131 Å². The van der Waals surface area contributed by atoms with E-state index in [9.17, 15) is 14.4 Å². The molecule has 0 aliphatic rings. The molecule has 0 spiro atoms. The van der Waals surface area contributed by atoms with Gasteiger partial charge in [0.2, 0.25) is 17.7 Å². The normalized spacial score (nSPS) is 11.0. The SMILES string of the molecule is COCCOCCOCCOCCOCCOCC(=O)NCCC(=O)NC(=O)Cc1ccc(CCCCc2ccccc2)cc1. The summed E-state index contributed by atoms with van der Waals surface area (Å²) in [6.07, 6.45) is 4.40. The fourth-order valence-corrected chi connectivity index (χ4v) is 4.13. The summed E-state index contributed by atoms with van der Waals surface area (Å²) in [5.74, 6) is -1.16. The van der Waals surface area contributed by atoms with Gasteiger partial charge < -0.3 is 33.7 Å². The van der Waals surface area contributed by atoms with Crippen LogP contribution in [0.15, 0.2) is 54.6 Å². The molecule has 2 rings (SSSR count). The van der Waals surface area contributed by atoms with E-state index in [2.05, 4.69) is 34.9 Å². The average molecular weight is 631 g/mol. The Bertz CT molecular complexity index is 1050. The van der Waals surface area contributed by atoms with E-state index in [1.807, 2.05) is 30.3 Å². The number of methoxy groups -OCH3 is 1. The van der Waals surface area contributed by atoms with Crippen molar-refractivity contribution in [2.24, 2.45) is 0 Å². The van der Waals surface area contributed by atoms with Crippen molar-refractivity contribution in [3.8, 4) is 0 Å². The van der Waals surface area contributed by atoms with Gasteiger partial charge in [0.1, 0.15) is 6.61 Å². The molecule has 0 saturated heterocycles. The molecule has 0 aliphatic heterocycles. The molecule has 250 valence electrons. The van der Waals surface area contributed by atoms with Gasteiger partial charge in [-0.25, -0.2) is 0 Å². The number of carbonyl (C=O) groups excluding carboxylic acids is 3. The molecule has 0 unspecified atom stereocenters. The van der Waals surface area contributed by atoms with Crippen LogP contribution in [0, 0.1) is 0 Å². The van der Waals surface area contributed by atoms with Crippen molar-refractivity contribution < 1.29 is 42.8 Å². The molecule has 2 aromatic carbocycles. The van der Waals surface area contributed by atoms with E-state index in [0.717, 1.165) is 31.2 Å². The lowest BCUT2D eigenvalue weighted by Gasteiger charge is -2.08. The van der Waals surface area contributed by atoms with E-state index < -0.39 is 5.91 Å². The largest absolute Gasteiger partial charge is 0.382 e. The van der Waals surface area contributed by atoms with Crippen molar-refractivity contribution in [3.05, 3.63) is 71.3 Å². The number of rotatable bonds is 27. The first-order valence-electron chi connectivity index (χ1n) is 15.7. The molecular formula is C34H50N2O9. The second-order valence-corrected chi connectivity index (χ2v) is 10.3. The maximum atomic E-state index is 12.3. The Morgan fingerprint density at radius 3 is 1.60 bits per heavy atom. The molecule has 0 radical (unpaired) electrons. The number of hydrogen-bond donors (Lipinski definition) is 2. The second kappa shape index (κ2) is 26.1. The molecule has 2 N–H and O–H groups in total. The standard InChI is InChI=1S/C34H50N2O9/c1-40-17-18-41-19-20-42-21-22-43-23-24-44-25-26-45-28-34(39)35-16-15-32(37)36-33(38)27-31-13-11-30(12-14-31)10-6-5-9-29-7-3-2-4-8-29/h2-4,7-8,11-14H,5-6,9-10,15-28H2,1H3,(H,35,39)(H,36,37,38). The molecule has 0 atom stereocenters. The number of unbranched alkanes of at least 4 members (excludes halogenated alkanes) is 1. The smallest absolute Gasteiger partial charge is 0.246 e. The van der Waals surface area contributed by atoms with Gasteiger partial charge in [-0.1, -0.05) is 54.6 Å². The van der Waals surface area contributed by atoms with Crippen LogP contribution < -0.4 is 10.6 Å². The molecule has 3 amide bonds. The van der Waals surface area contributed by atoms with Crippen molar-refractivity contribution in [1.82, 2.24) is 10.6 Å². The summed E-state index contributed by atoms with van der Waals surface area (Å²) < 4.78 is 31.6. The van der Waals surface area contributed by atoms with Gasteiger partial charge in [-0.15, -0.1) is 0 Å². The van der Waals surface area contributed by atoms with E-state index in [1.165, 1.54) is 11.1 Å². The molecule has 2 aromatic rings. The van der Waals surface area contributed by atoms with Crippen LogP contribution in [0.2, 0.25) is 0 Å². The molecule has 0 fully saturated rings. The number of carbonyl (C=O) groups is 3. The summed E-state index contributed by atoms with van der Waals surface area (Å²) in [4.78, 5) is 36.2. The Kier molecular flexibility index (Phi) is 22.0. The average Bonchev–Trinajstić information content (AvgIpc) is 3.04. The van der Waals surface area contributed by atoms with E-state index in [0.29, 0.717) is 59.5 Å². The Labute approximate surface area is 267 Å². The van der Waals surface area contributed by atoms with Crippen LogP contribution in [0.3, 0.4) is 0 Å². The summed E-state index contributed by atoms with van der Waals surface area (Å²) in [5, 5.41) is 4.98. The van der Waals surface area contributed by atoms with Gasteiger partial charge in [0.15, 0.2) is 0 Å². The fourth-order valence-electron chi connectivity index (χ4n) is 4.13. The van der Waals surface area contributed by atoms with Crippen LogP contribution in [-0.4, -0.2) is 104 Å². The van der Waals surface area contributed by atoms with Crippen LogP contribution in [0.1, 0.15) is 36.0 Å².